The first-order chi connectivity index (χ1) is 12.3. The maximum Gasteiger partial charge on any atom is 0.144 e. The fourth-order valence-electron chi connectivity index (χ4n) is 2.87. The molecule has 0 radical (unpaired) electrons. The summed E-state index contributed by atoms with van der Waals surface area (Å²) in [7, 11) is 0. The van der Waals surface area contributed by atoms with E-state index in [9.17, 15) is 5.26 Å². The molecule has 0 fully saturated rings. The number of aryl methyl sites for hydroxylation is 1. The molecule has 0 amide bonds. The summed E-state index contributed by atoms with van der Waals surface area (Å²) in [4.78, 5) is 13.5. The fraction of sp³-hybridized carbons (Fsp3) is 0.100. The molecule has 4 aromatic heterocycles. The Balaban J connectivity index is 1.90. The monoisotopic (exact) mass is 325 g/mol. The Morgan fingerprint density at radius 1 is 1.08 bits per heavy atom. The molecule has 120 valence electrons. The number of nitrogens with zero attached hydrogens (tertiary/aromatic N) is 5. The number of hydrogen-bond donors (Lipinski definition) is 0. The van der Waals surface area contributed by atoms with Crippen LogP contribution in [-0.4, -0.2) is 19.4 Å². The van der Waals surface area contributed by atoms with Crippen molar-refractivity contribution >= 4 is 5.65 Å². The zero-order valence-corrected chi connectivity index (χ0v) is 13.7. The molecule has 4 aromatic rings. The van der Waals surface area contributed by atoms with Crippen LogP contribution >= 0.6 is 0 Å². The molecular formula is C20H15N5. The molecule has 4 rings (SSSR count). The van der Waals surface area contributed by atoms with Crippen LogP contribution in [0, 0.1) is 11.3 Å². The predicted molar refractivity (Wildman–Crippen MR) is 95.7 cm³/mol. The molecule has 0 saturated carbocycles. The van der Waals surface area contributed by atoms with Crippen molar-refractivity contribution in [1.82, 2.24) is 19.4 Å². The summed E-state index contributed by atoms with van der Waals surface area (Å²) in [6.45, 7) is 2.09. The summed E-state index contributed by atoms with van der Waals surface area (Å²) in [6, 6.07) is 16.0. The molecule has 0 N–H and O–H groups in total. The van der Waals surface area contributed by atoms with Crippen molar-refractivity contribution in [3.63, 3.8) is 0 Å². The van der Waals surface area contributed by atoms with Gasteiger partial charge in [0, 0.05) is 29.2 Å². The lowest BCUT2D eigenvalue weighted by Gasteiger charge is -2.10. The molecule has 0 aromatic carbocycles. The molecule has 0 unspecified atom stereocenters. The van der Waals surface area contributed by atoms with E-state index in [1.807, 2.05) is 48.7 Å². The average Bonchev–Trinajstić information content (AvgIpc) is 3.10. The number of fused-ring (bicyclic) bond motifs is 1. The van der Waals surface area contributed by atoms with Gasteiger partial charge < -0.3 is 0 Å². The van der Waals surface area contributed by atoms with Gasteiger partial charge in [-0.2, -0.15) is 5.26 Å². The van der Waals surface area contributed by atoms with Gasteiger partial charge in [0.05, 0.1) is 17.6 Å². The summed E-state index contributed by atoms with van der Waals surface area (Å²) in [5, 5.41) is 9.24. The van der Waals surface area contributed by atoms with Gasteiger partial charge in [-0.05, 0) is 36.8 Å². The Kier molecular flexibility index (Phi) is 3.71. The Bertz CT molecular complexity index is 1100. The number of imidazole rings is 1. The fourth-order valence-corrected chi connectivity index (χ4v) is 2.87. The number of rotatable bonds is 3. The lowest BCUT2D eigenvalue weighted by Crippen LogP contribution is -1.96. The molecule has 5 heteroatoms. The van der Waals surface area contributed by atoms with Crippen molar-refractivity contribution < 1.29 is 0 Å². The van der Waals surface area contributed by atoms with Crippen molar-refractivity contribution in [3.8, 4) is 28.6 Å². The molecule has 0 aliphatic heterocycles. The molecule has 0 aliphatic rings. The van der Waals surface area contributed by atoms with E-state index in [0.29, 0.717) is 5.69 Å². The van der Waals surface area contributed by atoms with Crippen LogP contribution in [0.2, 0.25) is 0 Å². The normalized spacial score (nSPS) is 10.7. The van der Waals surface area contributed by atoms with Crippen molar-refractivity contribution in [2.75, 3.05) is 0 Å². The van der Waals surface area contributed by atoms with Crippen molar-refractivity contribution in [2.24, 2.45) is 0 Å². The number of nitriles is 1. The molecule has 5 nitrogen and oxygen atoms in total. The highest BCUT2D eigenvalue weighted by Gasteiger charge is 2.12. The first-order valence-electron chi connectivity index (χ1n) is 8.09. The molecule has 0 bridgehead atoms. The minimum atomic E-state index is 0.508. The van der Waals surface area contributed by atoms with E-state index in [1.165, 1.54) is 0 Å². The number of hydrogen-bond acceptors (Lipinski definition) is 4. The molecule has 0 atom stereocenters. The van der Waals surface area contributed by atoms with E-state index < -0.39 is 0 Å². The van der Waals surface area contributed by atoms with Gasteiger partial charge in [-0.25, -0.2) is 4.98 Å². The SMILES string of the molecule is CCc1cccc(-c2ncccc2-c2ccc3ncc(C#N)n3c2)n1. The third kappa shape index (κ3) is 2.64. The second-order valence-corrected chi connectivity index (χ2v) is 5.67. The van der Waals surface area contributed by atoms with Crippen LogP contribution in [0.5, 0.6) is 0 Å². The van der Waals surface area contributed by atoms with Crippen LogP contribution in [0.3, 0.4) is 0 Å². The van der Waals surface area contributed by atoms with E-state index in [1.54, 1.807) is 16.8 Å². The predicted octanol–water partition coefficient (Wildman–Crippen LogP) is 3.89. The molecule has 0 saturated heterocycles. The van der Waals surface area contributed by atoms with Gasteiger partial charge in [0.2, 0.25) is 0 Å². The summed E-state index contributed by atoms with van der Waals surface area (Å²) >= 11 is 0. The quantitative estimate of drug-likeness (QED) is 0.573. The maximum atomic E-state index is 9.24. The summed E-state index contributed by atoms with van der Waals surface area (Å²) in [5.41, 5.74) is 5.91. The molecule has 0 spiro atoms. The van der Waals surface area contributed by atoms with Crippen LogP contribution in [-0.2, 0) is 6.42 Å². The number of pyridine rings is 3. The lowest BCUT2D eigenvalue weighted by atomic mass is 10.0. The zero-order valence-electron chi connectivity index (χ0n) is 13.7. The third-order valence-electron chi connectivity index (χ3n) is 4.15. The van der Waals surface area contributed by atoms with Gasteiger partial charge in [-0.15, -0.1) is 0 Å². The Morgan fingerprint density at radius 3 is 2.84 bits per heavy atom. The van der Waals surface area contributed by atoms with Gasteiger partial charge in [-0.3, -0.25) is 14.4 Å². The van der Waals surface area contributed by atoms with Crippen LogP contribution in [0.15, 0.2) is 61.1 Å². The Hall–Kier alpha value is -3.52. The molecule has 0 aliphatic carbocycles. The van der Waals surface area contributed by atoms with Gasteiger partial charge in [0.25, 0.3) is 0 Å². The van der Waals surface area contributed by atoms with E-state index in [4.69, 9.17) is 4.98 Å². The van der Waals surface area contributed by atoms with Crippen molar-refractivity contribution in [2.45, 2.75) is 13.3 Å². The van der Waals surface area contributed by atoms with Crippen LogP contribution in [0.1, 0.15) is 18.3 Å². The standard InChI is InChI=1S/C20H15N5/c1-2-15-5-3-7-18(24-15)20-17(6-4-10-22-20)14-8-9-19-23-12-16(11-21)25(19)13-14/h3-10,12-13H,2H2,1H3. The highest BCUT2D eigenvalue weighted by atomic mass is 15.0. The summed E-state index contributed by atoms with van der Waals surface area (Å²) in [5.74, 6) is 0. The van der Waals surface area contributed by atoms with Crippen molar-refractivity contribution in [3.05, 3.63) is 72.4 Å². The smallest absolute Gasteiger partial charge is 0.144 e. The van der Waals surface area contributed by atoms with Gasteiger partial charge in [-0.1, -0.05) is 19.1 Å². The lowest BCUT2D eigenvalue weighted by molar-refractivity contribution is 1.03. The van der Waals surface area contributed by atoms with E-state index in [-0.39, 0.29) is 0 Å². The van der Waals surface area contributed by atoms with Crippen LogP contribution in [0.4, 0.5) is 0 Å². The zero-order chi connectivity index (χ0) is 17.2. The second-order valence-electron chi connectivity index (χ2n) is 5.67. The van der Waals surface area contributed by atoms with Crippen LogP contribution < -0.4 is 0 Å². The van der Waals surface area contributed by atoms with Crippen LogP contribution in [0.25, 0.3) is 28.2 Å². The highest BCUT2D eigenvalue weighted by Crippen LogP contribution is 2.29. The Labute approximate surface area is 145 Å². The van der Waals surface area contributed by atoms with Gasteiger partial charge in [0.15, 0.2) is 0 Å². The second kappa shape index (κ2) is 6.17. The summed E-state index contributed by atoms with van der Waals surface area (Å²) in [6.07, 6.45) is 6.15. The van der Waals surface area contributed by atoms with E-state index >= 15 is 0 Å². The van der Waals surface area contributed by atoms with E-state index in [2.05, 4.69) is 23.0 Å². The molecule has 25 heavy (non-hydrogen) atoms. The largest absolute Gasteiger partial charge is 0.291 e. The molecule has 4 heterocycles. The first kappa shape index (κ1) is 15.0. The third-order valence-corrected chi connectivity index (χ3v) is 4.15. The molecular weight excluding hydrogens is 310 g/mol. The van der Waals surface area contributed by atoms with Crippen molar-refractivity contribution in [1.29, 1.82) is 5.26 Å². The number of aromatic nitrogens is 4. The minimum absolute atomic E-state index is 0.508. The summed E-state index contributed by atoms with van der Waals surface area (Å²) < 4.78 is 1.79. The maximum absolute atomic E-state index is 9.24. The topological polar surface area (TPSA) is 66.9 Å². The highest BCUT2D eigenvalue weighted by molar-refractivity contribution is 5.79. The first-order valence-corrected chi connectivity index (χ1v) is 8.09. The van der Waals surface area contributed by atoms with Gasteiger partial charge in [0.1, 0.15) is 17.4 Å². The van der Waals surface area contributed by atoms with E-state index in [0.717, 1.165) is 40.3 Å². The van der Waals surface area contributed by atoms with Gasteiger partial charge >= 0.3 is 0 Å². The minimum Gasteiger partial charge on any atom is -0.291 e. The average molecular weight is 325 g/mol. The Morgan fingerprint density at radius 2 is 2.00 bits per heavy atom.